The highest BCUT2D eigenvalue weighted by Gasteiger charge is 2.40. The molecule has 0 fully saturated rings. The summed E-state index contributed by atoms with van der Waals surface area (Å²) >= 11 is 0. The van der Waals surface area contributed by atoms with Crippen LogP contribution in [0.3, 0.4) is 0 Å². The third kappa shape index (κ3) is 4.07. The van der Waals surface area contributed by atoms with Gasteiger partial charge in [0.25, 0.3) is 8.32 Å². The predicted octanol–water partition coefficient (Wildman–Crippen LogP) is 5.79. The van der Waals surface area contributed by atoms with Crippen LogP contribution in [0, 0.1) is 0 Å². The van der Waals surface area contributed by atoms with Crippen LogP contribution < -0.4 is 0 Å². The van der Waals surface area contributed by atoms with E-state index in [0.29, 0.717) is 0 Å². The first kappa shape index (κ1) is 16.5. The Morgan fingerprint density at radius 3 is 1.86 bits per heavy atom. The molecule has 0 bridgehead atoms. The van der Waals surface area contributed by atoms with Gasteiger partial charge in [0.15, 0.2) is 0 Å². The number of benzene rings is 2. The average Bonchev–Trinajstić information content (AvgIpc) is 2.47. The van der Waals surface area contributed by atoms with Crippen molar-refractivity contribution in [2.75, 3.05) is 0 Å². The molecule has 22 heavy (non-hydrogen) atoms. The Morgan fingerprint density at radius 2 is 1.36 bits per heavy atom. The minimum atomic E-state index is -1.94. The van der Waals surface area contributed by atoms with Crippen LogP contribution in [0.1, 0.15) is 26.3 Å². The van der Waals surface area contributed by atoms with Gasteiger partial charge in [-0.05, 0) is 42.4 Å². The molecule has 2 rings (SSSR count). The van der Waals surface area contributed by atoms with E-state index >= 15 is 0 Å². The van der Waals surface area contributed by atoms with Gasteiger partial charge in [0.05, 0.1) is 5.69 Å². The van der Waals surface area contributed by atoms with Crippen LogP contribution in [-0.2, 0) is 4.43 Å². The lowest BCUT2D eigenvalue weighted by Crippen LogP contribution is -2.42. The summed E-state index contributed by atoms with van der Waals surface area (Å²) in [5, 5.41) is 0.138. The molecule has 2 nitrogen and oxygen atoms in total. The van der Waals surface area contributed by atoms with E-state index in [-0.39, 0.29) is 5.04 Å². The van der Waals surface area contributed by atoms with Gasteiger partial charge in [-0.2, -0.15) is 0 Å². The van der Waals surface area contributed by atoms with E-state index in [4.69, 9.17) is 9.42 Å². The van der Waals surface area contributed by atoms with E-state index < -0.39 is 8.32 Å². The SMILES string of the molecule is CC(C)(C)[Si](C)(C)OC(=Nc1ccccc1)c1ccccc1. The number of hydrogen-bond donors (Lipinski definition) is 0. The summed E-state index contributed by atoms with van der Waals surface area (Å²) in [7, 11) is -1.94. The number of nitrogens with zero attached hydrogens (tertiary/aromatic N) is 1. The first-order chi connectivity index (χ1) is 10.3. The highest BCUT2D eigenvalue weighted by atomic mass is 28.4. The molecule has 116 valence electrons. The van der Waals surface area contributed by atoms with Gasteiger partial charge in [0, 0.05) is 5.56 Å². The molecular weight excluding hydrogens is 286 g/mol. The van der Waals surface area contributed by atoms with Gasteiger partial charge in [0.2, 0.25) is 5.90 Å². The number of hydrogen-bond acceptors (Lipinski definition) is 2. The highest BCUT2D eigenvalue weighted by Crippen LogP contribution is 2.37. The highest BCUT2D eigenvalue weighted by molar-refractivity contribution is 6.75. The number of aliphatic imine (C=N–C) groups is 1. The fourth-order valence-corrected chi connectivity index (χ4v) is 2.69. The molecule has 0 spiro atoms. The minimum absolute atomic E-state index is 0.138. The zero-order chi connectivity index (χ0) is 16.2. The van der Waals surface area contributed by atoms with Crippen LogP contribution in [0.5, 0.6) is 0 Å². The standard InChI is InChI=1S/C19H25NOSi/c1-19(2,3)22(4,5)21-18(16-12-8-6-9-13-16)20-17-14-10-7-11-15-17/h6-15H,1-5H3. The molecule has 0 radical (unpaired) electrons. The van der Waals surface area contributed by atoms with Gasteiger partial charge in [0.1, 0.15) is 0 Å². The van der Waals surface area contributed by atoms with Gasteiger partial charge >= 0.3 is 0 Å². The molecule has 2 aromatic carbocycles. The Balaban J connectivity index is 2.42. The summed E-state index contributed by atoms with van der Waals surface area (Å²) in [5.41, 5.74) is 1.94. The van der Waals surface area contributed by atoms with Crippen LogP contribution in [0.2, 0.25) is 18.1 Å². The van der Waals surface area contributed by atoms with E-state index in [9.17, 15) is 0 Å². The smallest absolute Gasteiger partial charge is 0.252 e. The summed E-state index contributed by atoms with van der Waals surface area (Å²) in [6.45, 7) is 11.2. The predicted molar refractivity (Wildman–Crippen MR) is 97.4 cm³/mol. The van der Waals surface area contributed by atoms with Crippen molar-refractivity contribution in [2.24, 2.45) is 4.99 Å². The second-order valence-electron chi connectivity index (χ2n) is 6.98. The van der Waals surface area contributed by atoms with Gasteiger partial charge in [-0.15, -0.1) is 0 Å². The first-order valence-corrected chi connectivity index (χ1v) is 10.6. The van der Waals surface area contributed by atoms with Crippen molar-refractivity contribution in [3.63, 3.8) is 0 Å². The lowest BCUT2D eigenvalue weighted by atomic mass is 10.2. The van der Waals surface area contributed by atoms with Crippen molar-refractivity contribution >= 4 is 19.9 Å². The Kier molecular flexibility index (Phi) is 4.86. The van der Waals surface area contributed by atoms with Crippen molar-refractivity contribution in [1.29, 1.82) is 0 Å². The van der Waals surface area contributed by atoms with Crippen LogP contribution in [0.4, 0.5) is 5.69 Å². The van der Waals surface area contributed by atoms with E-state index in [2.05, 4.69) is 46.0 Å². The quantitative estimate of drug-likeness (QED) is 0.399. The molecule has 0 unspecified atom stereocenters. The molecule has 0 atom stereocenters. The van der Waals surface area contributed by atoms with Crippen molar-refractivity contribution in [3.8, 4) is 0 Å². The van der Waals surface area contributed by atoms with Crippen molar-refractivity contribution < 1.29 is 4.43 Å². The lowest BCUT2D eigenvalue weighted by molar-refractivity contribution is 0.487. The van der Waals surface area contributed by atoms with Crippen LogP contribution >= 0.6 is 0 Å². The van der Waals surface area contributed by atoms with Gasteiger partial charge in [-0.1, -0.05) is 57.2 Å². The Morgan fingerprint density at radius 1 is 0.864 bits per heavy atom. The maximum atomic E-state index is 6.48. The van der Waals surface area contributed by atoms with Crippen molar-refractivity contribution in [3.05, 3.63) is 66.2 Å². The molecular formula is C19H25NOSi. The molecule has 0 saturated heterocycles. The topological polar surface area (TPSA) is 21.6 Å². The molecule has 0 saturated carbocycles. The summed E-state index contributed by atoms with van der Waals surface area (Å²) in [4.78, 5) is 4.76. The zero-order valence-electron chi connectivity index (χ0n) is 14.1. The lowest BCUT2D eigenvalue weighted by Gasteiger charge is -2.36. The van der Waals surface area contributed by atoms with Gasteiger partial charge in [-0.3, -0.25) is 0 Å². The first-order valence-electron chi connectivity index (χ1n) is 7.68. The third-order valence-electron chi connectivity index (χ3n) is 4.17. The summed E-state index contributed by atoms with van der Waals surface area (Å²) in [6, 6.07) is 20.1. The molecule has 0 aromatic heterocycles. The van der Waals surface area contributed by atoms with Crippen LogP contribution in [-0.4, -0.2) is 14.2 Å². The van der Waals surface area contributed by atoms with Crippen molar-refractivity contribution in [1.82, 2.24) is 0 Å². The maximum Gasteiger partial charge on any atom is 0.252 e. The third-order valence-corrected chi connectivity index (χ3v) is 8.48. The van der Waals surface area contributed by atoms with Gasteiger partial charge in [-0.25, -0.2) is 4.99 Å². The van der Waals surface area contributed by atoms with E-state index in [0.717, 1.165) is 17.1 Å². The van der Waals surface area contributed by atoms with E-state index in [1.807, 2.05) is 48.5 Å². The van der Waals surface area contributed by atoms with E-state index in [1.165, 1.54) is 0 Å². The fraction of sp³-hybridized carbons (Fsp3) is 0.316. The Labute approximate surface area is 135 Å². The summed E-state index contributed by atoms with van der Waals surface area (Å²) in [5.74, 6) is 0.721. The Hall–Kier alpha value is -1.87. The monoisotopic (exact) mass is 311 g/mol. The minimum Gasteiger partial charge on any atom is -0.530 e. The number of para-hydroxylation sites is 1. The average molecular weight is 312 g/mol. The maximum absolute atomic E-state index is 6.48. The molecule has 3 heteroatoms. The molecule has 0 N–H and O–H groups in total. The second-order valence-corrected chi connectivity index (χ2v) is 11.7. The zero-order valence-corrected chi connectivity index (χ0v) is 15.1. The fourth-order valence-electron chi connectivity index (χ4n) is 1.74. The normalized spacial score (nSPS) is 13.0. The summed E-state index contributed by atoms with van der Waals surface area (Å²) in [6.07, 6.45) is 0. The van der Waals surface area contributed by atoms with Gasteiger partial charge < -0.3 is 4.43 Å². The molecule has 0 amide bonds. The summed E-state index contributed by atoms with van der Waals surface area (Å²) < 4.78 is 6.48. The largest absolute Gasteiger partial charge is 0.530 e. The molecule has 0 aliphatic heterocycles. The van der Waals surface area contributed by atoms with E-state index in [1.54, 1.807) is 0 Å². The molecule has 2 aromatic rings. The molecule has 0 aliphatic rings. The van der Waals surface area contributed by atoms with Crippen LogP contribution in [0.25, 0.3) is 0 Å². The second kappa shape index (κ2) is 6.49. The number of rotatable bonds is 3. The molecule has 0 heterocycles. The van der Waals surface area contributed by atoms with Crippen molar-refractivity contribution in [2.45, 2.75) is 38.9 Å². The Bertz CT molecular complexity index is 627. The molecule has 0 aliphatic carbocycles. The van der Waals surface area contributed by atoms with Crippen LogP contribution in [0.15, 0.2) is 65.7 Å².